The Hall–Kier alpha value is -2.89. The molecule has 0 fully saturated rings. The van der Waals surface area contributed by atoms with Crippen LogP contribution in [-0.4, -0.2) is 42.5 Å². The number of carbonyl (C=O) groups is 1. The van der Waals surface area contributed by atoms with Gasteiger partial charge in [-0.25, -0.2) is 4.79 Å². The summed E-state index contributed by atoms with van der Waals surface area (Å²) < 4.78 is 11.6. The molecule has 0 unspecified atom stereocenters. The Morgan fingerprint density at radius 2 is 1.89 bits per heavy atom. The van der Waals surface area contributed by atoms with E-state index in [0.29, 0.717) is 30.0 Å². The molecule has 184 valence electrons. The maximum atomic E-state index is 11.9. The smallest absolute Gasteiger partial charge is 0.338 e. The summed E-state index contributed by atoms with van der Waals surface area (Å²) in [5.74, 6) is 0.0267. The number of hydrogen-bond donors (Lipinski definition) is 2. The van der Waals surface area contributed by atoms with Gasteiger partial charge < -0.3 is 19.9 Å². The van der Waals surface area contributed by atoms with E-state index in [1.807, 2.05) is 30.3 Å². The molecule has 1 aromatic heterocycles. The molecule has 0 aliphatic heterocycles. The summed E-state index contributed by atoms with van der Waals surface area (Å²) in [5, 5.41) is 23.3. The molecular weight excluding hydrogens is 484 g/mol. The lowest BCUT2D eigenvalue weighted by Crippen LogP contribution is -2.46. The molecule has 3 aromatic rings. The van der Waals surface area contributed by atoms with E-state index in [9.17, 15) is 15.2 Å². The van der Waals surface area contributed by atoms with Gasteiger partial charge in [0.2, 0.25) is 0 Å². The maximum Gasteiger partial charge on any atom is 0.338 e. The van der Waals surface area contributed by atoms with Crippen LogP contribution < -0.4 is 10.1 Å². The lowest BCUT2D eigenvalue weighted by Gasteiger charge is -2.27. The number of aliphatic hydroxyl groups is 1. The molecule has 8 heteroatoms. The number of rotatable bonds is 11. The molecule has 0 amide bonds. The lowest BCUT2D eigenvalue weighted by atomic mass is 9.99. The van der Waals surface area contributed by atoms with Gasteiger partial charge in [0.1, 0.15) is 24.5 Å². The van der Waals surface area contributed by atoms with Crippen LogP contribution in [0.2, 0.25) is 4.34 Å². The monoisotopic (exact) mass is 512 g/mol. The molecule has 2 N–H and O–H groups in total. The van der Waals surface area contributed by atoms with Crippen LogP contribution >= 0.6 is 22.9 Å². The van der Waals surface area contributed by atoms with Crippen LogP contribution in [0.25, 0.3) is 11.1 Å². The van der Waals surface area contributed by atoms with Crippen molar-refractivity contribution in [1.29, 1.82) is 5.26 Å². The number of hydrogen-bond acceptors (Lipinski definition) is 7. The van der Waals surface area contributed by atoms with Gasteiger partial charge in [-0.15, -0.1) is 11.3 Å². The van der Waals surface area contributed by atoms with Crippen LogP contribution in [0.15, 0.2) is 54.6 Å². The van der Waals surface area contributed by atoms with Crippen molar-refractivity contribution in [2.24, 2.45) is 0 Å². The summed E-state index contributed by atoms with van der Waals surface area (Å²) in [4.78, 5) is 13.0. The number of esters is 1. The number of thiophene rings is 1. The van der Waals surface area contributed by atoms with Gasteiger partial charge in [0.25, 0.3) is 0 Å². The highest BCUT2D eigenvalue weighted by atomic mass is 35.5. The number of carbonyl (C=O) groups excluding carboxylic acids is 1. The Bertz CT molecular complexity index is 1180. The second kappa shape index (κ2) is 12.2. The minimum Gasteiger partial charge on any atom is -0.489 e. The summed E-state index contributed by atoms with van der Waals surface area (Å²) >= 11 is 7.57. The highest BCUT2D eigenvalue weighted by Gasteiger charge is 2.21. The van der Waals surface area contributed by atoms with E-state index >= 15 is 0 Å². The van der Waals surface area contributed by atoms with Crippen LogP contribution in [0.1, 0.15) is 41.6 Å². The minimum absolute atomic E-state index is 0.0356. The van der Waals surface area contributed by atoms with Gasteiger partial charge >= 0.3 is 5.97 Å². The predicted octanol–water partition coefficient (Wildman–Crippen LogP) is 5.47. The molecule has 0 spiro atoms. The van der Waals surface area contributed by atoms with Crippen molar-refractivity contribution >= 4 is 28.9 Å². The normalized spacial score (nSPS) is 12.1. The Morgan fingerprint density at radius 3 is 2.51 bits per heavy atom. The van der Waals surface area contributed by atoms with Gasteiger partial charge in [-0.1, -0.05) is 29.8 Å². The van der Waals surface area contributed by atoms with Gasteiger partial charge in [-0.3, -0.25) is 0 Å². The van der Waals surface area contributed by atoms with E-state index in [1.165, 1.54) is 4.88 Å². The number of nitrogens with one attached hydrogen (secondary N) is 1. The van der Waals surface area contributed by atoms with E-state index in [1.54, 1.807) is 42.5 Å². The SMILES string of the molecule is CCOC(=O)c1ccc(-c2ccc(C#N)c(OC[C@H](O)CNC(C)(C)Cc3ccc(Cl)s3)c2)cc1. The van der Waals surface area contributed by atoms with Gasteiger partial charge in [0.05, 0.1) is 22.1 Å². The fourth-order valence-electron chi connectivity index (χ4n) is 3.51. The molecule has 3 rings (SSSR count). The summed E-state index contributed by atoms with van der Waals surface area (Å²) in [6.45, 7) is 6.59. The Balaban J connectivity index is 1.60. The maximum absolute atomic E-state index is 11.9. The first-order chi connectivity index (χ1) is 16.7. The number of aliphatic hydroxyl groups excluding tert-OH is 1. The van der Waals surface area contributed by atoms with E-state index in [4.69, 9.17) is 21.1 Å². The number of nitrogens with zero attached hydrogens (tertiary/aromatic N) is 1. The van der Waals surface area contributed by atoms with E-state index in [0.717, 1.165) is 21.9 Å². The fourth-order valence-corrected chi connectivity index (χ4v) is 4.83. The van der Waals surface area contributed by atoms with Crippen LogP contribution in [0.3, 0.4) is 0 Å². The Kier molecular flexibility index (Phi) is 9.30. The van der Waals surface area contributed by atoms with Crippen molar-refractivity contribution in [3.63, 3.8) is 0 Å². The molecule has 1 atom stereocenters. The third-order valence-electron chi connectivity index (χ3n) is 5.32. The zero-order valence-corrected chi connectivity index (χ0v) is 21.6. The molecule has 6 nitrogen and oxygen atoms in total. The lowest BCUT2D eigenvalue weighted by molar-refractivity contribution is 0.0526. The third-order valence-corrected chi connectivity index (χ3v) is 6.56. The summed E-state index contributed by atoms with van der Waals surface area (Å²) in [6, 6.07) is 18.3. The first kappa shape index (κ1) is 26.7. The number of ether oxygens (including phenoxy) is 2. The highest BCUT2D eigenvalue weighted by molar-refractivity contribution is 7.16. The van der Waals surface area contributed by atoms with E-state index in [2.05, 4.69) is 25.2 Å². The zero-order valence-electron chi connectivity index (χ0n) is 20.0. The van der Waals surface area contributed by atoms with Crippen LogP contribution in [0, 0.1) is 11.3 Å². The average Bonchev–Trinajstić information content (AvgIpc) is 3.25. The van der Waals surface area contributed by atoms with Crippen molar-refractivity contribution in [3.05, 3.63) is 74.9 Å². The standard InChI is InChI=1S/C27H29ClN2O4S/c1-4-33-26(32)19-7-5-18(6-8-19)20-9-10-21(15-29)24(13-20)34-17-22(31)16-30-27(2,3)14-23-11-12-25(28)35-23/h5-13,22,30-31H,4,14,16-17H2,1-3H3/t22-/m1/s1. The Morgan fingerprint density at radius 1 is 1.17 bits per heavy atom. The van der Waals surface area contributed by atoms with Crippen molar-refractivity contribution in [3.8, 4) is 22.9 Å². The molecule has 0 aliphatic rings. The van der Waals surface area contributed by atoms with Gasteiger partial charge in [0.15, 0.2) is 0 Å². The molecule has 0 saturated heterocycles. The van der Waals surface area contributed by atoms with Crippen LogP contribution in [0.5, 0.6) is 5.75 Å². The van der Waals surface area contributed by atoms with Crippen molar-refractivity contribution in [2.45, 2.75) is 38.8 Å². The fraction of sp³-hybridized carbons (Fsp3) is 0.333. The largest absolute Gasteiger partial charge is 0.489 e. The summed E-state index contributed by atoms with van der Waals surface area (Å²) in [6.07, 6.45) is 0.0216. The molecule has 0 aliphatic carbocycles. The third kappa shape index (κ3) is 7.81. The number of nitriles is 1. The molecule has 2 aromatic carbocycles. The first-order valence-corrected chi connectivity index (χ1v) is 12.5. The molecule has 35 heavy (non-hydrogen) atoms. The van der Waals surface area contributed by atoms with Crippen molar-refractivity contribution in [1.82, 2.24) is 5.32 Å². The summed E-state index contributed by atoms with van der Waals surface area (Å²) in [5.41, 5.74) is 2.32. The number of benzene rings is 2. The van der Waals surface area contributed by atoms with Crippen molar-refractivity contribution in [2.75, 3.05) is 19.8 Å². The summed E-state index contributed by atoms with van der Waals surface area (Å²) in [7, 11) is 0. The zero-order chi connectivity index (χ0) is 25.4. The topological polar surface area (TPSA) is 91.6 Å². The van der Waals surface area contributed by atoms with Gasteiger partial charge in [-0.05, 0) is 74.7 Å². The average molecular weight is 513 g/mol. The molecule has 0 bridgehead atoms. The van der Waals surface area contributed by atoms with Crippen molar-refractivity contribution < 1.29 is 19.4 Å². The molecular formula is C27H29ClN2O4S. The number of halogens is 1. The minimum atomic E-state index is -0.764. The van der Waals surface area contributed by atoms with Crippen LogP contribution in [0.4, 0.5) is 0 Å². The van der Waals surface area contributed by atoms with Crippen LogP contribution in [-0.2, 0) is 11.2 Å². The van der Waals surface area contributed by atoms with E-state index < -0.39 is 6.10 Å². The molecule has 1 heterocycles. The second-order valence-electron chi connectivity index (χ2n) is 8.73. The molecule has 0 radical (unpaired) electrons. The van der Waals surface area contributed by atoms with Gasteiger partial charge in [0, 0.05) is 17.0 Å². The highest BCUT2D eigenvalue weighted by Crippen LogP contribution is 2.28. The Labute approximate surface area is 215 Å². The second-order valence-corrected chi connectivity index (χ2v) is 10.5. The van der Waals surface area contributed by atoms with E-state index in [-0.39, 0.29) is 18.1 Å². The molecule has 0 saturated carbocycles. The first-order valence-electron chi connectivity index (χ1n) is 11.3. The van der Waals surface area contributed by atoms with Gasteiger partial charge in [-0.2, -0.15) is 5.26 Å². The quantitative estimate of drug-likeness (QED) is 0.331. The predicted molar refractivity (Wildman–Crippen MR) is 139 cm³/mol. The number of β-amino-alcohol motifs (C(OH)–C–C–N with tert-alkyl or cyclic N) is 1.